The molecule has 2 amide bonds. The van der Waals surface area contributed by atoms with E-state index in [9.17, 15) is 4.79 Å². The topological polar surface area (TPSA) is 57.3 Å². The number of amides is 2. The van der Waals surface area contributed by atoms with Gasteiger partial charge in [-0.25, -0.2) is 4.79 Å². The molecule has 0 unspecified atom stereocenters. The van der Waals surface area contributed by atoms with Gasteiger partial charge in [0, 0.05) is 58.4 Å². The Morgan fingerprint density at radius 1 is 1.14 bits per heavy atom. The smallest absolute Gasteiger partial charge is 0.317 e. The quantitative estimate of drug-likeness (QED) is 0.837. The summed E-state index contributed by atoms with van der Waals surface area (Å²) >= 11 is 0. The summed E-state index contributed by atoms with van der Waals surface area (Å²) in [6.07, 6.45) is 3.27. The Bertz CT molecular complexity index is 676. The predicted octanol–water partition coefficient (Wildman–Crippen LogP) is 2.12. The number of fused-ring (bicyclic) bond motifs is 1. The zero-order chi connectivity index (χ0) is 19.3. The van der Waals surface area contributed by atoms with E-state index < -0.39 is 0 Å². The summed E-state index contributed by atoms with van der Waals surface area (Å²) in [5.41, 5.74) is 1.27. The molecule has 154 valence electrons. The number of carbonyl (C=O) groups excluding carboxylic acids is 1. The Hall–Kier alpha value is -1.99. The van der Waals surface area contributed by atoms with E-state index in [1.165, 1.54) is 12.0 Å². The van der Waals surface area contributed by atoms with Crippen LogP contribution in [0.15, 0.2) is 18.2 Å². The van der Waals surface area contributed by atoms with Crippen molar-refractivity contribution in [3.63, 3.8) is 0 Å². The Balaban J connectivity index is 1.25. The number of urea groups is 1. The van der Waals surface area contributed by atoms with Crippen molar-refractivity contribution in [1.29, 1.82) is 0 Å². The Kier molecular flexibility index (Phi) is 6.22. The fourth-order valence-electron chi connectivity index (χ4n) is 4.37. The van der Waals surface area contributed by atoms with Crippen LogP contribution in [0.3, 0.4) is 0 Å². The summed E-state index contributed by atoms with van der Waals surface area (Å²) in [5, 5.41) is 3.02. The minimum atomic E-state index is 0.105. The second kappa shape index (κ2) is 9.01. The Morgan fingerprint density at radius 2 is 1.96 bits per heavy atom. The molecule has 3 aliphatic rings. The first-order valence-electron chi connectivity index (χ1n) is 10.6. The fraction of sp³-hybridized carbons (Fsp3) is 0.667. The van der Waals surface area contributed by atoms with Gasteiger partial charge in [-0.05, 0) is 37.0 Å². The van der Waals surface area contributed by atoms with Crippen molar-refractivity contribution in [2.45, 2.75) is 38.8 Å². The number of likely N-dealkylation sites (tertiary alicyclic amines) is 1. The lowest BCUT2D eigenvalue weighted by Gasteiger charge is -2.43. The summed E-state index contributed by atoms with van der Waals surface area (Å²) in [6, 6.07) is 6.84. The first kappa shape index (κ1) is 19.3. The molecule has 7 nitrogen and oxygen atoms in total. The van der Waals surface area contributed by atoms with E-state index >= 15 is 0 Å². The molecule has 28 heavy (non-hydrogen) atoms. The highest BCUT2D eigenvalue weighted by atomic mass is 16.7. The SMILES string of the molecule is CCCNC(=O)N1CCC[C@@H](N2CCN(Cc3ccc4c(c3)OCO4)CC2)C1. The van der Waals surface area contributed by atoms with E-state index in [-0.39, 0.29) is 6.03 Å². The van der Waals surface area contributed by atoms with Gasteiger partial charge in [-0.1, -0.05) is 13.0 Å². The normalized spacial score (nSPS) is 23.0. The molecule has 1 N–H and O–H groups in total. The first-order chi connectivity index (χ1) is 13.7. The zero-order valence-corrected chi connectivity index (χ0v) is 16.9. The lowest BCUT2D eigenvalue weighted by atomic mass is 10.0. The molecule has 0 spiro atoms. The van der Waals surface area contributed by atoms with Crippen molar-refractivity contribution in [3.8, 4) is 11.5 Å². The number of carbonyl (C=O) groups is 1. The maximum absolute atomic E-state index is 12.3. The second-order valence-corrected chi connectivity index (χ2v) is 7.97. The van der Waals surface area contributed by atoms with Crippen LogP contribution in [0.25, 0.3) is 0 Å². The molecule has 1 aromatic rings. The second-order valence-electron chi connectivity index (χ2n) is 7.97. The van der Waals surface area contributed by atoms with Crippen LogP contribution in [0.1, 0.15) is 31.7 Å². The van der Waals surface area contributed by atoms with E-state index in [1.54, 1.807) is 0 Å². The number of nitrogens with zero attached hydrogens (tertiary/aromatic N) is 3. The minimum Gasteiger partial charge on any atom is -0.454 e. The maximum atomic E-state index is 12.3. The molecule has 1 atom stereocenters. The van der Waals surface area contributed by atoms with Crippen LogP contribution in [0.5, 0.6) is 11.5 Å². The highest BCUT2D eigenvalue weighted by molar-refractivity contribution is 5.74. The van der Waals surface area contributed by atoms with Crippen molar-refractivity contribution in [1.82, 2.24) is 20.0 Å². The number of benzene rings is 1. The van der Waals surface area contributed by atoms with Crippen LogP contribution in [0.2, 0.25) is 0 Å². The molecular formula is C21H32N4O3. The fourth-order valence-corrected chi connectivity index (χ4v) is 4.37. The average molecular weight is 389 g/mol. The number of rotatable bonds is 5. The van der Waals surface area contributed by atoms with Gasteiger partial charge in [-0.2, -0.15) is 0 Å². The number of hydrogen-bond donors (Lipinski definition) is 1. The van der Waals surface area contributed by atoms with Crippen molar-refractivity contribution < 1.29 is 14.3 Å². The molecule has 4 rings (SSSR count). The van der Waals surface area contributed by atoms with Gasteiger partial charge >= 0.3 is 6.03 Å². The lowest BCUT2D eigenvalue weighted by molar-refractivity contribution is 0.0581. The number of piperidine rings is 1. The van der Waals surface area contributed by atoms with Gasteiger partial charge in [0.15, 0.2) is 11.5 Å². The maximum Gasteiger partial charge on any atom is 0.317 e. The van der Waals surface area contributed by atoms with E-state index in [0.29, 0.717) is 12.8 Å². The average Bonchev–Trinajstić information content (AvgIpc) is 3.20. The molecule has 0 radical (unpaired) electrons. The van der Waals surface area contributed by atoms with Crippen LogP contribution >= 0.6 is 0 Å². The first-order valence-corrected chi connectivity index (χ1v) is 10.6. The summed E-state index contributed by atoms with van der Waals surface area (Å²) in [6.45, 7) is 10.1. The van der Waals surface area contributed by atoms with Gasteiger partial charge in [-0.15, -0.1) is 0 Å². The largest absolute Gasteiger partial charge is 0.454 e. The van der Waals surface area contributed by atoms with E-state index in [1.807, 2.05) is 11.0 Å². The standard InChI is InChI=1S/C21H32N4O3/c1-2-7-22-21(26)25-8-3-4-18(15-25)24-11-9-23(10-12-24)14-17-5-6-19-20(13-17)28-16-27-19/h5-6,13,18H,2-4,7-12,14-16H2,1H3,(H,22,26)/t18-/m1/s1. The van der Waals surface area contributed by atoms with E-state index in [2.05, 4.69) is 34.2 Å². The number of piperazine rings is 1. The van der Waals surface area contributed by atoms with Crippen molar-refractivity contribution in [2.24, 2.45) is 0 Å². The van der Waals surface area contributed by atoms with Crippen LogP contribution < -0.4 is 14.8 Å². The minimum absolute atomic E-state index is 0.105. The van der Waals surface area contributed by atoms with Gasteiger partial charge in [0.25, 0.3) is 0 Å². The summed E-state index contributed by atoms with van der Waals surface area (Å²) in [5.74, 6) is 1.71. The number of nitrogens with one attached hydrogen (secondary N) is 1. The van der Waals surface area contributed by atoms with Crippen molar-refractivity contribution in [2.75, 3.05) is 52.6 Å². The Morgan fingerprint density at radius 3 is 2.79 bits per heavy atom. The molecule has 0 aromatic heterocycles. The monoisotopic (exact) mass is 388 g/mol. The summed E-state index contributed by atoms with van der Waals surface area (Å²) in [4.78, 5) is 19.4. The van der Waals surface area contributed by atoms with Crippen LogP contribution in [0, 0.1) is 0 Å². The molecule has 0 saturated carbocycles. The predicted molar refractivity (Wildman–Crippen MR) is 108 cm³/mol. The molecule has 2 saturated heterocycles. The molecule has 2 fully saturated rings. The van der Waals surface area contributed by atoms with Crippen molar-refractivity contribution >= 4 is 6.03 Å². The van der Waals surface area contributed by atoms with Gasteiger partial charge in [-0.3, -0.25) is 9.80 Å². The number of ether oxygens (including phenoxy) is 2. The molecule has 7 heteroatoms. The third-order valence-corrected chi connectivity index (χ3v) is 5.98. The van der Waals surface area contributed by atoms with E-state index in [0.717, 1.165) is 76.7 Å². The zero-order valence-electron chi connectivity index (χ0n) is 16.9. The molecule has 1 aromatic carbocycles. The van der Waals surface area contributed by atoms with Gasteiger partial charge in [0.1, 0.15) is 0 Å². The van der Waals surface area contributed by atoms with E-state index in [4.69, 9.17) is 9.47 Å². The van der Waals surface area contributed by atoms with Crippen molar-refractivity contribution in [3.05, 3.63) is 23.8 Å². The third-order valence-electron chi connectivity index (χ3n) is 5.98. The molecule has 0 bridgehead atoms. The molecular weight excluding hydrogens is 356 g/mol. The highest BCUT2D eigenvalue weighted by Crippen LogP contribution is 2.33. The number of hydrogen-bond acceptors (Lipinski definition) is 5. The van der Waals surface area contributed by atoms with Gasteiger partial charge in [0.05, 0.1) is 0 Å². The summed E-state index contributed by atoms with van der Waals surface area (Å²) < 4.78 is 10.9. The lowest BCUT2D eigenvalue weighted by Crippen LogP contribution is -2.56. The highest BCUT2D eigenvalue weighted by Gasteiger charge is 2.30. The van der Waals surface area contributed by atoms with Crippen LogP contribution in [-0.4, -0.2) is 79.4 Å². The molecule has 3 heterocycles. The van der Waals surface area contributed by atoms with Gasteiger partial charge < -0.3 is 19.7 Å². The third kappa shape index (κ3) is 4.52. The van der Waals surface area contributed by atoms with Crippen LogP contribution in [-0.2, 0) is 6.54 Å². The van der Waals surface area contributed by atoms with Gasteiger partial charge in [0.2, 0.25) is 6.79 Å². The Labute approximate surface area is 167 Å². The molecule has 0 aliphatic carbocycles. The summed E-state index contributed by atoms with van der Waals surface area (Å²) in [7, 11) is 0. The molecule has 3 aliphatic heterocycles. The van der Waals surface area contributed by atoms with Crippen LogP contribution in [0.4, 0.5) is 4.79 Å².